The van der Waals surface area contributed by atoms with E-state index in [2.05, 4.69) is 41.8 Å². The van der Waals surface area contributed by atoms with Gasteiger partial charge in [0.15, 0.2) is 5.82 Å². The maximum atomic E-state index is 13.5. The van der Waals surface area contributed by atoms with Crippen LogP contribution < -0.4 is 4.90 Å². The van der Waals surface area contributed by atoms with Crippen molar-refractivity contribution in [3.05, 3.63) is 56.9 Å². The van der Waals surface area contributed by atoms with Gasteiger partial charge in [-0.15, -0.1) is 0 Å². The minimum Gasteiger partial charge on any atom is -0.344 e. The molecule has 1 N–H and O–H groups in total. The van der Waals surface area contributed by atoms with Gasteiger partial charge < -0.3 is 4.98 Å². The molecule has 15 heteroatoms. The zero-order chi connectivity index (χ0) is 24.1. The molecule has 2 aromatic heterocycles. The van der Waals surface area contributed by atoms with E-state index in [1.165, 1.54) is 30.3 Å². The number of hydrogen-bond donors (Lipinski definition) is 1. The lowest BCUT2D eigenvalue weighted by atomic mass is 10.1. The van der Waals surface area contributed by atoms with Crippen molar-refractivity contribution in [2.24, 2.45) is 0 Å². The van der Waals surface area contributed by atoms with Crippen LogP contribution in [0.15, 0.2) is 55.5 Å². The smallest absolute Gasteiger partial charge is 0.344 e. The number of nitrogens with zero attached hydrogens (tertiary/aromatic N) is 3. The molecule has 0 spiro atoms. The van der Waals surface area contributed by atoms with Crippen molar-refractivity contribution in [2.45, 2.75) is 28.4 Å². The van der Waals surface area contributed by atoms with Crippen LogP contribution in [0, 0.1) is 0 Å². The Morgan fingerprint density at radius 1 is 1.18 bits per heavy atom. The third-order valence-electron chi connectivity index (χ3n) is 4.79. The third-order valence-corrected chi connectivity index (χ3v) is 9.45. The molecule has 0 bridgehead atoms. The summed E-state index contributed by atoms with van der Waals surface area (Å²) in [5, 5.41) is -0.822. The lowest BCUT2D eigenvalue weighted by Crippen LogP contribution is -2.37. The van der Waals surface area contributed by atoms with E-state index in [4.69, 9.17) is 0 Å². The number of halogens is 5. The maximum absolute atomic E-state index is 13.5. The molecule has 3 heterocycles. The molecule has 0 saturated carbocycles. The van der Waals surface area contributed by atoms with Crippen LogP contribution in [0.5, 0.6) is 0 Å². The minimum atomic E-state index is -5.97. The zero-order valence-electron chi connectivity index (χ0n) is 16.3. The number of aromatic nitrogens is 3. The average molecular weight is 630 g/mol. The van der Waals surface area contributed by atoms with Gasteiger partial charge in [-0.05, 0) is 62.9 Å². The van der Waals surface area contributed by atoms with Crippen molar-refractivity contribution in [3.63, 3.8) is 0 Å². The average Bonchev–Trinajstić information content (AvgIpc) is 3.32. The highest BCUT2D eigenvalue weighted by Crippen LogP contribution is 2.37. The second-order valence-electron chi connectivity index (χ2n) is 6.87. The fraction of sp³-hybridized carbons (Fsp3) is 0.222. The first-order valence-corrected chi connectivity index (χ1v) is 13.4. The van der Waals surface area contributed by atoms with Gasteiger partial charge in [0.2, 0.25) is 5.16 Å². The normalized spacial score (nSPS) is 15.4. The molecule has 0 fully saturated rings. The summed E-state index contributed by atoms with van der Waals surface area (Å²) < 4.78 is 79.7. The van der Waals surface area contributed by atoms with E-state index < -0.39 is 37.4 Å². The fourth-order valence-corrected chi connectivity index (χ4v) is 6.44. The molecular weight excluding hydrogens is 617 g/mol. The molecule has 33 heavy (non-hydrogen) atoms. The van der Waals surface area contributed by atoms with E-state index >= 15 is 0 Å². The molecule has 0 radical (unpaired) electrons. The van der Waals surface area contributed by atoms with Gasteiger partial charge in [0, 0.05) is 11.4 Å². The number of imidazole rings is 1. The van der Waals surface area contributed by atoms with Crippen molar-refractivity contribution < 1.29 is 30.6 Å². The highest BCUT2D eigenvalue weighted by atomic mass is 79.9. The van der Waals surface area contributed by atoms with E-state index in [0.717, 1.165) is 4.90 Å². The molecule has 4 rings (SSSR count). The standard InChI is InChI=1S/C18H13Br2F3N4O4S2/c19-11-9-12(24-14(11)20)16(28)26-8-4-7-13-15(26)25-17(27(13)33(30,31)18(21,22)23)32(29)10-5-2-1-3-6-10/h1-3,5-6,9,24H,4,7-8H2. The summed E-state index contributed by atoms with van der Waals surface area (Å²) in [6.07, 6.45) is 0.0732. The molecule has 0 aliphatic carbocycles. The molecule has 0 saturated heterocycles. The number of fused-ring (bicyclic) bond motifs is 1. The Labute approximate surface area is 205 Å². The minimum absolute atomic E-state index is 0.0224. The third kappa shape index (κ3) is 4.19. The van der Waals surface area contributed by atoms with Gasteiger partial charge in [0.25, 0.3) is 5.91 Å². The van der Waals surface area contributed by atoms with Crippen LogP contribution in [-0.2, 0) is 27.2 Å². The van der Waals surface area contributed by atoms with Crippen molar-refractivity contribution in [2.75, 3.05) is 11.4 Å². The van der Waals surface area contributed by atoms with E-state index in [1.807, 2.05) is 0 Å². The van der Waals surface area contributed by atoms with E-state index in [1.54, 1.807) is 6.07 Å². The van der Waals surface area contributed by atoms with Crippen molar-refractivity contribution >= 4 is 64.4 Å². The monoisotopic (exact) mass is 628 g/mol. The first kappa shape index (κ1) is 24.2. The number of carbonyl (C=O) groups excluding carboxylic acids is 1. The molecule has 1 aromatic carbocycles. The summed E-state index contributed by atoms with van der Waals surface area (Å²) in [6.45, 7) is 0.0839. The zero-order valence-corrected chi connectivity index (χ0v) is 21.1. The molecule has 1 amide bonds. The number of hydrogen-bond acceptors (Lipinski definition) is 5. The van der Waals surface area contributed by atoms with Crippen molar-refractivity contribution in [3.8, 4) is 0 Å². The molecule has 176 valence electrons. The number of H-pyrrole nitrogens is 1. The van der Waals surface area contributed by atoms with Gasteiger partial charge >= 0.3 is 15.5 Å². The van der Waals surface area contributed by atoms with Crippen LogP contribution in [0.4, 0.5) is 19.0 Å². The number of amides is 1. The van der Waals surface area contributed by atoms with Crippen LogP contribution >= 0.6 is 31.9 Å². The lowest BCUT2D eigenvalue weighted by molar-refractivity contribution is -0.0449. The van der Waals surface area contributed by atoms with Crippen LogP contribution in [0.1, 0.15) is 22.6 Å². The molecular formula is C18H13Br2F3N4O4S2. The topological polar surface area (TPSA) is 105 Å². The number of anilines is 1. The van der Waals surface area contributed by atoms with Gasteiger partial charge in [0.1, 0.15) is 16.5 Å². The Kier molecular flexibility index (Phi) is 6.35. The van der Waals surface area contributed by atoms with Gasteiger partial charge in [-0.2, -0.15) is 21.6 Å². The highest BCUT2D eigenvalue weighted by molar-refractivity contribution is 9.13. The molecule has 1 aliphatic rings. The van der Waals surface area contributed by atoms with Gasteiger partial charge in [0.05, 0.1) is 14.8 Å². The molecule has 1 unspecified atom stereocenters. The van der Waals surface area contributed by atoms with Crippen LogP contribution in [0.3, 0.4) is 0 Å². The van der Waals surface area contributed by atoms with E-state index in [-0.39, 0.29) is 45.5 Å². The quantitative estimate of drug-likeness (QED) is 0.466. The van der Waals surface area contributed by atoms with E-state index in [0.29, 0.717) is 9.08 Å². The van der Waals surface area contributed by atoms with Crippen molar-refractivity contribution in [1.29, 1.82) is 0 Å². The highest BCUT2D eigenvalue weighted by Gasteiger charge is 2.51. The van der Waals surface area contributed by atoms with Gasteiger partial charge in [-0.3, -0.25) is 9.69 Å². The largest absolute Gasteiger partial charge is 0.517 e. The Balaban J connectivity index is 1.92. The number of rotatable bonds is 4. The molecule has 8 nitrogen and oxygen atoms in total. The Hall–Kier alpha value is -1.97. The first-order valence-electron chi connectivity index (χ1n) is 9.19. The maximum Gasteiger partial charge on any atom is 0.517 e. The summed E-state index contributed by atoms with van der Waals surface area (Å²) in [5.41, 5.74) is -5.92. The first-order chi connectivity index (χ1) is 15.4. The number of carbonyl (C=O) groups is 1. The second kappa shape index (κ2) is 8.67. The lowest BCUT2D eigenvalue weighted by Gasteiger charge is -2.26. The Morgan fingerprint density at radius 3 is 2.42 bits per heavy atom. The fourth-order valence-electron chi connectivity index (χ4n) is 3.33. The van der Waals surface area contributed by atoms with Crippen LogP contribution in [0.2, 0.25) is 0 Å². The Bertz CT molecular complexity index is 1350. The Morgan fingerprint density at radius 2 is 1.85 bits per heavy atom. The summed E-state index contributed by atoms with van der Waals surface area (Å²) in [5.74, 6) is -0.909. The van der Waals surface area contributed by atoms with Crippen LogP contribution in [-0.4, -0.2) is 44.5 Å². The molecule has 3 aromatic rings. The summed E-state index contributed by atoms with van der Waals surface area (Å²) >= 11 is 6.45. The number of nitrogens with one attached hydrogen (secondary N) is 1. The number of alkyl halides is 3. The predicted molar refractivity (Wildman–Crippen MR) is 120 cm³/mol. The predicted octanol–water partition coefficient (Wildman–Crippen LogP) is 4.19. The summed E-state index contributed by atoms with van der Waals surface area (Å²) in [7, 11) is -8.34. The number of benzene rings is 1. The van der Waals surface area contributed by atoms with Crippen molar-refractivity contribution in [1.82, 2.24) is 13.9 Å². The van der Waals surface area contributed by atoms with E-state index in [9.17, 15) is 30.6 Å². The summed E-state index contributed by atoms with van der Waals surface area (Å²) in [4.78, 5) is 21.0. The number of aromatic amines is 1. The van der Waals surface area contributed by atoms with Gasteiger partial charge in [-0.25, -0.2) is 13.2 Å². The van der Waals surface area contributed by atoms with Crippen LogP contribution in [0.25, 0.3) is 0 Å². The summed E-state index contributed by atoms with van der Waals surface area (Å²) in [6, 6.07) is 8.85. The van der Waals surface area contributed by atoms with Gasteiger partial charge in [-0.1, -0.05) is 18.2 Å². The molecule has 1 aliphatic heterocycles. The SMILES string of the molecule is O=C(c1cc(Br)c(Br)[nH]1)N1CCCc2c1nc(S(=O)c1ccccc1)n2S(=O)(=O)C(F)(F)F. The second-order valence-corrected chi connectivity index (χ2v) is 11.7. The molecule has 1 atom stereocenters.